The topological polar surface area (TPSA) is 113 Å². The lowest BCUT2D eigenvalue weighted by molar-refractivity contribution is 0.0558. The molecule has 0 saturated carbocycles. The molecule has 0 spiro atoms. The summed E-state index contributed by atoms with van der Waals surface area (Å²) in [6, 6.07) is 18.9. The molecule has 1 N–H and O–H groups in total. The highest BCUT2D eigenvalue weighted by Gasteiger charge is 2.34. The number of nitrogens with zero attached hydrogens (tertiary/aromatic N) is 6. The smallest absolute Gasteiger partial charge is 0.289 e. The van der Waals surface area contributed by atoms with Crippen LogP contribution in [0, 0.1) is 13.8 Å². The summed E-state index contributed by atoms with van der Waals surface area (Å²) in [7, 11) is 0. The zero-order valence-corrected chi connectivity index (χ0v) is 21.9. The number of piperazine rings is 1. The van der Waals surface area contributed by atoms with Crippen molar-refractivity contribution in [2.75, 3.05) is 26.2 Å². The van der Waals surface area contributed by atoms with E-state index in [1.54, 1.807) is 21.7 Å². The monoisotopic (exact) mass is 523 g/mol. The van der Waals surface area contributed by atoms with E-state index < -0.39 is 6.04 Å². The van der Waals surface area contributed by atoms with Gasteiger partial charge in [0, 0.05) is 37.3 Å². The van der Waals surface area contributed by atoms with Gasteiger partial charge in [0.2, 0.25) is 0 Å². The molecule has 5 aromatic rings. The third kappa shape index (κ3) is 4.86. The number of rotatable bonds is 6. The number of tetrazole rings is 1. The van der Waals surface area contributed by atoms with Gasteiger partial charge in [0.15, 0.2) is 11.6 Å². The van der Waals surface area contributed by atoms with E-state index in [0.29, 0.717) is 49.9 Å². The van der Waals surface area contributed by atoms with E-state index in [4.69, 9.17) is 4.42 Å². The summed E-state index contributed by atoms with van der Waals surface area (Å²) >= 11 is 0. The summed E-state index contributed by atoms with van der Waals surface area (Å²) in [5, 5.41) is 13.7. The summed E-state index contributed by atoms with van der Waals surface area (Å²) in [6.45, 7) is 6.62. The van der Waals surface area contributed by atoms with Crippen LogP contribution in [-0.2, 0) is 6.54 Å². The lowest BCUT2D eigenvalue weighted by Crippen LogP contribution is -2.50. The summed E-state index contributed by atoms with van der Waals surface area (Å²) < 4.78 is 7.07. The van der Waals surface area contributed by atoms with E-state index in [-0.39, 0.29) is 11.5 Å². The number of H-pyrrole nitrogens is 1. The minimum Gasteiger partial charge on any atom is -0.459 e. The fraction of sp³-hybridized carbons (Fsp3) is 0.276. The average Bonchev–Trinajstić information content (AvgIpc) is 3.64. The molecular formula is C29H29N7O3. The van der Waals surface area contributed by atoms with Crippen molar-refractivity contribution in [1.29, 1.82) is 0 Å². The Labute approximate surface area is 224 Å². The predicted octanol–water partition coefficient (Wildman–Crippen LogP) is 3.32. The Kier molecular flexibility index (Phi) is 6.54. The Bertz CT molecular complexity index is 1670. The van der Waals surface area contributed by atoms with Crippen molar-refractivity contribution in [3.05, 3.63) is 111 Å². The van der Waals surface area contributed by atoms with Crippen LogP contribution in [0.2, 0.25) is 0 Å². The maximum atomic E-state index is 13.6. The molecule has 1 atom stereocenters. The van der Waals surface area contributed by atoms with E-state index in [9.17, 15) is 9.59 Å². The van der Waals surface area contributed by atoms with Gasteiger partial charge in [-0.25, -0.2) is 4.68 Å². The molecular weight excluding hydrogens is 494 g/mol. The van der Waals surface area contributed by atoms with Gasteiger partial charge in [-0.3, -0.25) is 14.5 Å². The van der Waals surface area contributed by atoms with Crippen molar-refractivity contribution in [2.24, 2.45) is 0 Å². The highest BCUT2D eigenvalue weighted by atomic mass is 16.3. The zero-order valence-electron chi connectivity index (χ0n) is 21.9. The molecule has 0 radical (unpaired) electrons. The maximum Gasteiger partial charge on any atom is 0.289 e. The molecule has 6 rings (SSSR count). The number of hydrogen-bond acceptors (Lipinski definition) is 7. The van der Waals surface area contributed by atoms with Gasteiger partial charge in [-0.1, -0.05) is 30.3 Å². The van der Waals surface area contributed by atoms with Crippen LogP contribution < -0.4 is 5.56 Å². The molecule has 2 aromatic carbocycles. The second-order valence-corrected chi connectivity index (χ2v) is 9.97. The maximum absolute atomic E-state index is 13.6. The number of nitrogens with one attached hydrogen (secondary N) is 1. The molecule has 10 heteroatoms. The molecule has 0 aliphatic carbocycles. The first-order chi connectivity index (χ1) is 19.0. The molecule has 1 aliphatic rings. The van der Waals surface area contributed by atoms with Crippen molar-refractivity contribution in [2.45, 2.75) is 26.4 Å². The third-order valence-corrected chi connectivity index (χ3v) is 7.46. The lowest BCUT2D eigenvalue weighted by Gasteiger charge is -2.38. The SMILES string of the molecule is Cc1cc2cc([C@@H](c3nnnn3Cc3ccccc3)N3CCN(C(=O)c4ccco4)CC3)c(=O)[nH]c2cc1C. The Hall–Kier alpha value is -4.57. The summed E-state index contributed by atoms with van der Waals surface area (Å²) in [5.41, 5.74) is 4.50. The van der Waals surface area contributed by atoms with Crippen LogP contribution in [0.5, 0.6) is 0 Å². The normalized spacial score (nSPS) is 15.1. The number of carbonyl (C=O) groups excluding carboxylic acids is 1. The first-order valence-corrected chi connectivity index (χ1v) is 13.0. The van der Waals surface area contributed by atoms with Crippen molar-refractivity contribution in [3.63, 3.8) is 0 Å². The van der Waals surface area contributed by atoms with Crippen molar-refractivity contribution in [1.82, 2.24) is 35.0 Å². The largest absolute Gasteiger partial charge is 0.459 e. The first kappa shape index (κ1) is 24.7. The van der Waals surface area contributed by atoms with Gasteiger partial charge in [-0.05, 0) is 76.7 Å². The summed E-state index contributed by atoms with van der Waals surface area (Å²) in [6.07, 6.45) is 1.50. The van der Waals surface area contributed by atoms with Crippen molar-refractivity contribution < 1.29 is 9.21 Å². The lowest BCUT2D eigenvalue weighted by atomic mass is 10.00. The molecule has 0 unspecified atom stereocenters. The molecule has 1 aliphatic heterocycles. The Morgan fingerprint density at radius 1 is 1.00 bits per heavy atom. The Morgan fingerprint density at radius 2 is 1.77 bits per heavy atom. The molecule has 10 nitrogen and oxygen atoms in total. The van der Waals surface area contributed by atoms with Crippen LogP contribution in [0.1, 0.15) is 44.7 Å². The number of aryl methyl sites for hydroxylation is 2. The number of aromatic nitrogens is 5. The Morgan fingerprint density at radius 3 is 2.51 bits per heavy atom. The van der Waals surface area contributed by atoms with Gasteiger partial charge < -0.3 is 14.3 Å². The second-order valence-electron chi connectivity index (χ2n) is 9.97. The molecule has 0 bridgehead atoms. The van der Waals surface area contributed by atoms with Crippen LogP contribution in [0.25, 0.3) is 10.9 Å². The van der Waals surface area contributed by atoms with Gasteiger partial charge in [-0.2, -0.15) is 0 Å². The quantitative estimate of drug-likeness (QED) is 0.363. The molecule has 1 fully saturated rings. The number of carbonyl (C=O) groups is 1. The molecule has 3 aromatic heterocycles. The number of benzene rings is 2. The number of aromatic amines is 1. The van der Waals surface area contributed by atoms with Gasteiger partial charge in [0.1, 0.15) is 6.04 Å². The third-order valence-electron chi connectivity index (χ3n) is 7.46. The molecule has 198 valence electrons. The number of furan rings is 1. The van der Waals surface area contributed by atoms with Crippen LogP contribution in [-0.4, -0.2) is 67.1 Å². The number of pyridine rings is 1. The number of fused-ring (bicyclic) bond motifs is 1. The number of amides is 1. The zero-order chi connectivity index (χ0) is 26.9. The van der Waals surface area contributed by atoms with E-state index in [1.165, 1.54) is 6.26 Å². The van der Waals surface area contributed by atoms with Crippen molar-refractivity contribution >= 4 is 16.8 Å². The predicted molar refractivity (Wildman–Crippen MR) is 145 cm³/mol. The molecule has 39 heavy (non-hydrogen) atoms. The van der Waals surface area contributed by atoms with E-state index in [2.05, 4.69) is 38.4 Å². The van der Waals surface area contributed by atoms with Crippen LogP contribution in [0.3, 0.4) is 0 Å². The van der Waals surface area contributed by atoms with Gasteiger partial charge in [-0.15, -0.1) is 5.10 Å². The molecule has 1 amide bonds. The molecule has 1 saturated heterocycles. The van der Waals surface area contributed by atoms with Gasteiger partial charge >= 0.3 is 0 Å². The van der Waals surface area contributed by atoms with E-state index >= 15 is 0 Å². The average molecular weight is 524 g/mol. The van der Waals surface area contributed by atoms with Crippen LogP contribution >= 0.6 is 0 Å². The number of hydrogen-bond donors (Lipinski definition) is 1. The minimum atomic E-state index is -0.501. The van der Waals surface area contributed by atoms with Crippen LogP contribution in [0.15, 0.2) is 76.1 Å². The fourth-order valence-corrected chi connectivity index (χ4v) is 5.21. The highest BCUT2D eigenvalue weighted by Crippen LogP contribution is 2.29. The standard InChI is InChI=1S/C29H29N7O3/c1-19-15-22-17-23(28(37)30-24(22)16-20(19)2)26(27-31-32-33-36(27)18-21-7-4-3-5-8-21)34-10-12-35(13-11-34)29(38)25-9-6-14-39-25/h3-9,14-17,26H,10-13,18H2,1-2H3,(H,30,37)/t26-/m0/s1. The summed E-state index contributed by atoms with van der Waals surface area (Å²) in [4.78, 5) is 33.5. The highest BCUT2D eigenvalue weighted by molar-refractivity contribution is 5.91. The van der Waals surface area contributed by atoms with Crippen LogP contribution in [0.4, 0.5) is 0 Å². The first-order valence-electron chi connectivity index (χ1n) is 13.0. The molecule has 4 heterocycles. The minimum absolute atomic E-state index is 0.139. The van der Waals surface area contributed by atoms with Crippen molar-refractivity contribution in [3.8, 4) is 0 Å². The van der Waals surface area contributed by atoms with Gasteiger partial charge in [0.05, 0.1) is 12.8 Å². The summed E-state index contributed by atoms with van der Waals surface area (Å²) in [5.74, 6) is 0.765. The van der Waals surface area contributed by atoms with E-state index in [1.807, 2.05) is 49.4 Å². The second kappa shape index (κ2) is 10.3. The fourth-order valence-electron chi connectivity index (χ4n) is 5.21. The van der Waals surface area contributed by atoms with E-state index in [0.717, 1.165) is 27.6 Å². The Balaban J connectivity index is 1.38. The van der Waals surface area contributed by atoms with Gasteiger partial charge in [0.25, 0.3) is 11.5 Å².